The van der Waals surface area contributed by atoms with Crippen LogP contribution in [-0.2, 0) is 6.54 Å². The fourth-order valence-corrected chi connectivity index (χ4v) is 5.76. The van der Waals surface area contributed by atoms with Gasteiger partial charge in [-0.05, 0) is 56.8 Å². The van der Waals surface area contributed by atoms with Crippen molar-refractivity contribution >= 4 is 16.9 Å². The standard InChI is InChI=1S/C28H32F2N8O/c1-35(2)13-18-9-19(26(29)30)11-20(10-18)28(39)36-7-4-22(5-8-36)37-15-23(16-37)38-14-21(12-34-38)25-24-3-6-31-27(24)33-17-32-25/h3,6,9-12,14,17,22-23,26H,4-5,7-8,13,15-16H2,1-2H3,(H,31,32,33). The smallest absolute Gasteiger partial charge is 0.263 e. The molecule has 0 atom stereocenters. The monoisotopic (exact) mass is 534 g/mol. The van der Waals surface area contributed by atoms with E-state index in [4.69, 9.17) is 0 Å². The summed E-state index contributed by atoms with van der Waals surface area (Å²) in [6, 6.07) is 7.26. The lowest BCUT2D eigenvalue weighted by atomic mass is 9.96. The van der Waals surface area contributed by atoms with E-state index in [1.54, 1.807) is 17.3 Å². The van der Waals surface area contributed by atoms with Gasteiger partial charge in [0, 0.05) is 73.2 Å². The first-order valence-corrected chi connectivity index (χ1v) is 13.3. The number of carbonyl (C=O) groups is 1. The van der Waals surface area contributed by atoms with Crippen LogP contribution in [0.25, 0.3) is 22.3 Å². The van der Waals surface area contributed by atoms with Crippen LogP contribution in [-0.4, -0.2) is 91.7 Å². The first kappa shape index (κ1) is 25.6. The lowest BCUT2D eigenvalue weighted by Gasteiger charge is -2.47. The van der Waals surface area contributed by atoms with E-state index in [9.17, 15) is 13.6 Å². The zero-order valence-corrected chi connectivity index (χ0v) is 22.1. The first-order valence-electron chi connectivity index (χ1n) is 13.3. The molecule has 4 aromatic rings. The number of likely N-dealkylation sites (tertiary alicyclic amines) is 2. The van der Waals surface area contributed by atoms with Crippen LogP contribution in [0.2, 0.25) is 0 Å². The van der Waals surface area contributed by atoms with Gasteiger partial charge in [-0.3, -0.25) is 14.4 Å². The largest absolute Gasteiger partial charge is 0.346 e. The summed E-state index contributed by atoms with van der Waals surface area (Å²) in [5, 5.41) is 5.58. The van der Waals surface area contributed by atoms with Crippen molar-refractivity contribution in [2.75, 3.05) is 40.3 Å². The Kier molecular flexibility index (Phi) is 6.86. The van der Waals surface area contributed by atoms with Crippen molar-refractivity contribution in [2.45, 2.75) is 37.9 Å². The lowest BCUT2D eigenvalue weighted by Crippen LogP contribution is -2.56. The number of aromatic nitrogens is 5. The Balaban J connectivity index is 1.05. The molecule has 1 aromatic carbocycles. The second kappa shape index (κ2) is 10.5. The molecule has 0 spiro atoms. The van der Waals surface area contributed by atoms with Crippen LogP contribution >= 0.6 is 0 Å². The average molecular weight is 535 g/mol. The van der Waals surface area contributed by atoms with Crippen molar-refractivity contribution in [3.05, 3.63) is 65.9 Å². The van der Waals surface area contributed by atoms with Crippen LogP contribution in [0.5, 0.6) is 0 Å². The van der Waals surface area contributed by atoms with Crippen LogP contribution in [0.15, 0.2) is 49.2 Å². The molecule has 0 bridgehead atoms. The topological polar surface area (TPSA) is 86.2 Å². The highest BCUT2D eigenvalue weighted by Crippen LogP contribution is 2.31. The SMILES string of the molecule is CN(C)Cc1cc(C(=O)N2CCC(N3CC(n4cc(-c5ncnc6[nH]ccc56)cn4)C3)CC2)cc(C(F)F)c1. The zero-order valence-electron chi connectivity index (χ0n) is 22.1. The van der Waals surface area contributed by atoms with Crippen molar-refractivity contribution in [3.63, 3.8) is 0 Å². The van der Waals surface area contributed by atoms with E-state index < -0.39 is 6.43 Å². The molecule has 0 unspecified atom stereocenters. The van der Waals surface area contributed by atoms with Gasteiger partial charge in [0.25, 0.3) is 12.3 Å². The van der Waals surface area contributed by atoms with Crippen LogP contribution < -0.4 is 0 Å². The number of H-pyrrole nitrogens is 1. The van der Waals surface area contributed by atoms with Gasteiger partial charge < -0.3 is 14.8 Å². The Morgan fingerprint density at radius 1 is 1.13 bits per heavy atom. The number of benzene rings is 1. The van der Waals surface area contributed by atoms with Gasteiger partial charge >= 0.3 is 0 Å². The van der Waals surface area contributed by atoms with Crippen LogP contribution in [0, 0.1) is 0 Å². The highest BCUT2D eigenvalue weighted by atomic mass is 19.3. The Bertz CT molecular complexity index is 1470. The molecule has 0 aliphatic carbocycles. The minimum absolute atomic E-state index is 0.0989. The number of halogens is 2. The summed E-state index contributed by atoms with van der Waals surface area (Å²) in [4.78, 5) is 31.2. The zero-order chi connectivity index (χ0) is 27.1. The van der Waals surface area contributed by atoms with Gasteiger partial charge in [0.2, 0.25) is 0 Å². The number of hydrogen-bond acceptors (Lipinski definition) is 6. The molecule has 2 aliphatic heterocycles. The van der Waals surface area contributed by atoms with Gasteiger partial charge in [0.1, 0.15) is 12.0 Å². The number of nitrogens with zero attached hydrogens (tertiary/aromatic N) is 7. The number of alkyl halides is 2. The minimum atomic E-state index is -2.61. The Hall–Kier alpha value is -3.70. The number of nitrogens with one attached hydrogen (secondary N) is 1. The Morgan fingerprint density at radius 3 is 2.67 bits per heavy atom. The molecule has 2 saturated heterocycles. The number of piperidine rings is 1. The van der Waals surface area contributed by atoms with Crippen LogP contribution in [0.3, 0.4) is 0 Å². The molecule has 2 fully saturated rings. The van der Waals surface area contributed by atoms with E-state index in [2.05, 4.69) is 31.1 Å². The molecule has 0 saturated carbocycles. The number of aromatic amines is 1. The van der Waals surface area contributed by atoms with E-state index in [1.165, 1.54) is 12.1 Å². The summed E-state index contributed by atoms with van der Waals surface area (Å²) in [5.74, 6) is -0.164. The van der Waals surface area contributed by atoms with E-state index in [0.717, 1.165) is 53.8 Å². The maximum atomic E-state index is 13.5. The molecule has 5 heterocycles. The third-order valence-corrected chi connectivity index (χ3v) is 7.77. The van der Waals surface area contributed by atoms with Gasteiger partial charge in [0.05, 0.1) is 17.9 Å². The number of hydrogen-bond donors (Lipinski definition) is 1. The van der Waals surface area contributed by atoms with Gasteiger partial charge in [-0.2, -0.15) is 5.10 Å². The maximum Gasteiger partial charge on any atom is 0.263 e. The van der Waals surface area contributed by atoms with Crippen molar-refractivity contribution < 1.29 is 13.6 Å². The predicted octanol–water partition coefficient (Wildman–Crippen LogP) is 3.98. The van der Waals surface area contributed by atoms with Gasteiger partial charge in [0.15, 0.2) is 0 Å². The third kappa shape index (κ3) is 5.16. The molecule has 3 aromatic heterocycles. The second-order valence-corrected chi connectivity index (χ2v) is 10.8. The molecule has 0 radical (unpaired) electrons. The minimum Gasteiger partial charge on any atom is -0.346 e. The predicted molar refractivity (Wildman–Crippen MR) is 143 cm³/mol. The summed E-state index contributed by atoms with van der Waals surface area (Å²) in [6.45, 7) is 3.57. The first-order chi connectivity index (χ1) is 18.9. The summed E-state index contributed by atoms with van der Waals surface area (Å²) >= 11 is 0. The molecule has 11 heteroatoms. The van der Waals surface area contributed by atoms with Crippen LogP contribution in [0.1, 0.15) is 46.8 Å². The summed E-state index contributed by atoms with van der Waals surface area (Å²) in [5.41, 5.74) is 3.62. The molecule has 2 aliphatic rings. The van der Waals surface area contributed by atoms with Crippen molar-refractivity contribution in [1.29, 1.82) is 0 Å². The molecule has 1 amide bonds. The summed E-state index contributed by atoms with van der Waals surface area (Å²) in [6.07, 6.45) is 6.46. The number of rotatable bonds is 7. The molecular weight excluding hydrogens is 502 g/mol. The van der Waals surface area contributed by atoms with Gasteiger partial charge in [-0.15, -0.1) is 0 Å². The van der Waals surface area contributed by atoms with E-state index >= 15 is 0 Å². The normalized spacial score (nSPS) is 17.4. The Labute approximate surface area is 225 Å². The fourth-order valence-electron chi connectivity index (χ4n) is 5.76. The highest BCUT2D eigenvalue weighted by Gasteiger charge is 2.36. The van der Waals surface area contributed by atoms with E-state index in [1.807, 2.05) is 42.1 Å². The highest BCUT2D eigenvalue weighted by molar-refractivity contribution is 5.94. The number of amides is 1. The maximum absolute atomic E-state index is 13.5. The van der Waals surface area contributed by atoms with Crippen LogP contribution in [0.4, 0.5) is 8.78 Å². The van der Waals surface area contributed by atoms with Crippen molar-refractivity contribution in [1.82, 2.24) is 39.4 Å². The molecule has 9 nitrogen and oxygen atoms in total. The van der Waals surface area contributed by atoms with E-state index in [-0.39, 0.29) is 11.5 Å². The van der Waals surface area contributed by atoms with Gasteiger partial charge in [-0.25, -0.2) is 18.7 Å². The molecule has 204 valence electrons. The van der Waals surface area contributed by atoms with Crippen molar-refractivity contribution in [3.8, 4) is 11.3 Å². The fraction of sp³-hybridized carbons (Fsp3) is 0.429. The Morgan fingerprint density at radius 2 is 1.92 bits per heavy atom. The molecular formula is C28H32F2N8O. The van der Waals surface area contributed by atoms with E-state index in [0.29, 0.717) is 37.3 Å². The molecule has 39 heavy (non-hydrogen) atoms. The average Bonchev–Trinajstić information content (AvgIpc) is 3.57. The number of fused-ring (bicyclic) bond motifs is 1. The number of carbonyl (C=O) groups excluding carboxylic acids is 1. The third-order valence-electron chi connectivity index (χ3n) is 7.77. The summed E-state index contributed by atoms with van der Waals surface area (Å²) in [7, 11) is 3.76. The molecule has 1 N–H and O–H groups in total. The van der Waals surface area contributed by atoms with Crippen molar-refractivity contribution in [2.24, 2.45) is 0 Å². The quantitative estimate of drug-likeness (QED) is 0.386. The lowest BCUT2D eigenvalue weighted by molar-refractivity contribution is 0.0198. The van der Waals surface area contributed by atoms with Gasteiger partial charge in [-0.1, -0.05) is 0 Å². The second-order valence-electron chi connectivity index (χ2n) is 10.8. The molecule has 6 rings (SSSR count). The summed E-state index contributed by atoms with van der Waals surface area (Å²) < 4.78 is 29.0.